The van der Waals surface area contributed by atoms with Gasteiger partial charge in [-0.3, -0.25) is 0 Å². The second-order valence-electron chi connectivity index (χ2n) is 5.43. The molecule has 4 heterocycles. The summed E-state index contributed by atoms with van der Waals surface area (Å²) in [6.07, 6.45) is 3.40. The van der Waals surface area contributed by atoms with Crippen molar-refractivity contribution in [1.82, 2.24) is 14.4 Å². The zero-order valence-electron chi connectivity index (χ0n) is 12.4. The van der Waals surface area contributed by atoms with Gasteiger partial charge in [0.1, 0.15) is 23.5 Å². The van der Waals surface area contributed by atoms with Gasteiger partial charge < -0.3 is 13.9 Å². The van der Waals surface area contributed by atoms with Gasteiger partial charge in [-0.15, -0.1) is 0 Å². The molecular formula is C18H10N4O2. The van der Waals surface area contributed by atoms with Gasteiger partial charge in [0.25, 0.3) is 0 Å². The molecule has 1 aromatic carbocycles. The maximum absolute atomic E-state index is 9.55. The molecule has 0 bridgehead atoms. The number of fused-ring (bicyclic) bond motifs is 4. The van der Waals surface area contributed by atoms with Crippen LogP contribution in [0, 0.1) is 11.3 Å². The summed E-state index contributed by atoms with van der Waals surface area (Å²) >= 11 is 0. The van der Waals surface area contributed by atoms with Gasteiger partial charge in [-0.25, -0.2) is 9.97 Å². The first-order valence-electron chi connectivity index (χ1n) is 7.40. The summed E-state index contributed by atoms with van der Waals surface area (Å²) in [6, 6.07) is 13.7. The number of benzene rings is 1. The molecule has 0 unspecified atom stereocenters. The van der Waals surface area contributed by atoms with Gasteiger partial charge in [-0.2, -0.15) is 5.26 Å². The molecule has 24 heavy (non-hydrogen) atoms. The van der Waals surface area contributed by atoms with Crippen LogP contribution in [0.3, 0.4) is 0 Å². The van der Waals surface area contributed by atoms with E-state index >= 15 is 0 Å². The Morgan fingerprint density at radius 3 is 2.92 bits per heavy atom. The highest BCUT2D eigenvalue weighted by Crippen LogP contribution is 2.38. The van der Waals surface area contributed by atoms with E-state index in [9.17, 15) is 5.26 Å². The summed E-state index contributed by atoms with van der Waals surface area (Å²) in [7, 11) is 0. The summed E-state index contributed by atoms with van der Waals surface area (Å²) < 4.78 is 12.8. The molecule has 1 aliphatic rings. The molecule has 5 rings (SSSR count). The Morgan fingerprint density at radius 1 is 1.08 bits per heavy atom. The molecule has 0 spiro atoms. The molecule has 0 fully saturated rings. The van der Waals surface area contributed by atoms with E-state index < -0.39 is 0 Å². The van der Waals surface area contributed by atoms with Gasteiger partial charge in [-0.05, 0) is 30.3 Å². The van der Waals surface area contributed by atoms with Gasteiger partial charge in [0.2, 0.25) is 6.79 Å². The van der Waals surface area contributed by atoms with Crippen LogP contribution in [0.1, 0.15) is 5.56 Å². The number of pyridine rings is 1. The third kappa shape index (κ3) is 1.64. The van der Waals surface area contributed by atoms with Crippen LogP contribution in [-0.2, 0) is 0 Å². The minimum absolute atomic E-state index is 0.227. The third-order valence-corrected chi connectivity index (χ3v) is 4.17. The fourth-order valence-electron chi connectivity index (χ4n) is 3.12. The zero-order chi connectivity index (χ0) is 16.1. The average molecular weight is 314 g/mol. The van der Waals surface area contributed by atoms with Gasteiger partial charge >= 0.3 is 0 Å². The lowest BCUT2D eigenvalue weighted by molar-refractivity contribution is 0.174. The lowest BCUT2D eigenvalue weighted by atomic mass is 10.1. The van der Waals surface area contributed by atoms with Gasteiger partial charge in [0.05, 0.1) is 16.7 Å². The van der Waals surface area contributed by atoms with Crippen molar-refractivity contribution in [1.29, 1.82) is 5.26 Å². The molecule has 6 heteroatoms. The summed E-state index contributed by atoms with van der Waals surface area (Å²) in [5.41, 5.74) is 4.46. The number of nitrogens with zero attached hydrogens (tertiary/aromatic N) is 4. The fraction of sp³-hybridized carbons (Fsp3) is 0.0556. The maximum atomic E-state index is 9.55. The Kier molecular flexibility index (Phi) is 2.53. The van der Waals surface area contributed by atoms with E-state index in [2.05, 4.69) is 16.0 Å². The first-order chi connectivity index (χ1) is 11.9. The lowest BCUT2D eigenvalue weighted by Crippen LogP contribution is -1.93. The second-order valence-corrected chi connectivity index (χ2v) is 5.43. The molecule has 0 N–H and O–H groups in total. The average Bonchev–Trinajstić information content (AvgIpc) is 3.22. The number of hydrogen-bond donors (Lipinski definition) is 0. The van der Waals surface area contributed by atoms with Crippen LogP contribution in [-0.4, -0.2) is 21.2 Å². The van der Waals surface area contributed by atoms with Crippen LogP contribution in [0.25, 0.3) is 27.8 Å². The standard InChI is InChI=1S/C18H10N4O2/c19-8-12-13-3-1-2-6-22(13)18-16(20-9-21-17(12)18)11-4-5-14-15(7-11)24-10-23-14/h1-7,9H,10H2. The summed E-state index contributed by atoms with van der Waals surface area (Å²) in [5.74, 6) is 1.42. The molecular weight excluding hydrogens is 304 g/mol. The highest BCUT2D eigenvalue weighted by Gasteiger charge is 2.20. The minimum Gasteiger partial charge on any atom is -0.454 e. The topological polar surface area (TPSA) is 72.4 Å². The predicted octanol–water partition coefficient (Wildman–Crippen LogP) is 3.15. The van der Waals surface area contributed by atoms with E-state index in [0.717, 1.165) is 28.0 Å². The van der Waals surface area contributed by atoms with E-state index in [1.165, 1.54) is 6.33 Å². The van der Waals surface area contributed by atoms with Crippen LogP contribution in [0.4, 0.5) is 0 Å². The van der Waals surface area contributed by atoms with Crippen molar-refractivity contribution in [2.75, 3.05) is 6.79 Å². The van der Waals surface area contributed by atoms with Crippen LogP contribution in [0.5, 0.6) is 11.5 Å². The smallest absolute Gasteiger partial charge is 0.231 e. The maximum Gasteiger partial charge on any atom is 0.231 e. The monoisotopic (exact) mass is 314 g/mol. The molecule has 3 aromatic heterocycles. The third-order valence-electron chi connectivity index (χ3n) is 4.17. The van der Waals surface area contributed by atoms with Crippen LogP contribution in [0.15, 0.2) is 48.9 Å². The fourth-order valence-corrected chi connectivity index (χ4v) is 3.12. The number of aromatic nitrogens is 3. The predicted molar refractivity (Wildman–Crippen MR) is 86.8 cm³/mol. The highest BCUT2D eigenvalue weighted by molar-refractivity contribution is 5.99. The van der Waals surface area contributed by atoms with Gasteiger partial charge in [0.15, 0.2) is 11.5 Å². The molecule has 0 aliphatic carbocycles. The number of nitriles is 1. The molecule has 0 saturated carbocycles. The van der Waals surface area contributed by atoms with Crippen molar-refractivity contribution in [3.8, 4) is 28.8 Å². The van der Waals surface area contributed by atoms with Gasteiger partial charge in [0, 0.05) is 11.8 Å². The molecule has 0 radical (unpaired) electrons. The van der Waals surface area contributed by atoms with Gasteiger partial charge in [-0.1, -0.05) is 6.07 Å². The van der Waals surface area contributed by atoms with E-state index in [0.29, 0.717) is 16.8 Å². The normalized spacial score (nSPS) is 12.6. The van der Waals surface area contributed by atoms with Crippen molar-refractivity contribution in [2.24, 2.45) is 0 Å². The minimum atomic E-state index is 0.227. The first kappa shape index (κ1) is 12.9. The van der Waals surface area contributed by atoms with Crippen molar-refractivity contribution in [3.63, 3.8) is 0 Å². The summed E-state index contributed by atoms with van der Waals surface area (Å²) in [5, 5.41) is 9.55. The first-order valence-corrected chi connectivity index (χ1v) is 7.40. The summed E-state index contributed by atoms with van der Waals surface area (Å²) in [6.45, 7) is 0.227. The largest absolute Gasteiger partial charge is 0.454 e. The Hall–Kier alpha value is -3.59. The molecule has 0 amide bonds. The molecule has 0 saturated heterocycles. The van der Waals surface area contributed by atoms with Crippen LogP contribution >= 0.6 is 0 Å². The Morgan fingerprint density at radius 2 is 2.00 bits per heavy atom. The molecule has 0 atom stereocenters. The SMILES string of the molecule is N#Cc1c2ncnc(-c3ccc4c(c3)OCO4)c2n2ccccc12. The van der Waals surface area contributed by atoms with Crippen molar-refractivity contribution in [3.05, 3.63) is 54.5 Å². The molecule has 1 aliphatic heterocycles. The van der Waals surface area contributed by atoms with Crippen molar-refractivity contribution >= 4 is 16.6 Å². The van der Waals surface area contributed by atoms with E-state index in [1.54, 1.807) is 0 Å². The van der Waals surface area contributed by atoms with Crippen molar-refractivity contribution < 1.29 is 9.47 Å². The highest BCUT2D eigenvalue weighted by atomic mass is 16.7. The Balaban J connectivity index is 1.89. The number of rotatable bonds is 1. The molecule has 6 nitrogen and oxygen atoms in total. The van der Waals surface area contributed by atoms with E-state index in [-0.39, 0.29) is 6.79 Å². The Bertz CT molecular complexity index is 1160. The van der Waals surface area contributed by atoms with Crippen LogP contribution in [0.2, 0.25) is 0 Å². The van der Waals surface area contributed by atoms with Crippen molar-refractivity contribution in [2.45, 2.75) is 0 Å². The Labute approximate surface area is 136 Å². The zero-order valence-corrected chi connectivity index (χ0v) is 12.4. The molecule has 114 valence electrons. The number of hydrogen-bond acceptors (Lipinski definition) is 5. The lowest BCUT2D eigenvalue weighted by Gasteiger charge is -2.05. The second kappa shape index (κ2) is 4.70. The molecule has 4 aromatic rings. The summed E-state index contributed by atoms with van der Waals surface area (Å²) in [4.78, 5) is 8.80. The van der Waals surface area contributed by atoms with E-state index in [1.807, 2.05) is 47.0 Å². The van der Waals surface area contributed by atoms with Crippen LogP contribution < -0.4 is 9.47 Å². The van der Waals surface area contributed by atoms with E-state index in [4.69, 9.17) is 9.47 Å². The number of ether oxygens (including phenoxy) is 2. The quantitative estimate of drug-likeness (QED) is 0.539.